The number of hydrogen-bond acceptors (Lipinski definition) is 6. The Morgan fingerprint density at radius 3 is 2.65 bits per heavy atom. The number of hydrogen-bond donors (Lipinski definition) is 1. The Hall–Kier alpha value is -3.24. The summed E-state index contributed by atoms with van der Waals surface area (Å²) >= 11 is 0. The van der Waals surface area contributed by atoms with Gasteiger partial charge in [-0.15, -0.1) is 0 Å². The maximum absolute atomic E-state index is 13.3. The lowest BCUT2D eigenvalue weighted by Gasteiger charge is -2.44. The predicted molar refractivity (Wildman–Crippen MR) is 149 cm³/mol. The van der Waals surface area contributed by atoms with Crippen molar-refractivity contribution in [1.29, 1.82) is 5.26 Å². The molecule has 2 aromatic rings. The molecule has 13 heteroatoms. The van der Waals surface area contributed by atoms with E-state index in [1.54, 1.807) is 6.20 Å². The van der Waals surface area contributed by atoms with Gasteiger partial charge < -0.3 is 29.1 Å². The number of rotatable bonds is 11. The van der Waals surface area contributed by atoms with E-state index >= 15 is 0 Å². The molecule has 0 atom stereocenters. The van der Waals surface area contributed by atoms with Crippen LogP contribution in [0, 0.1) is 17.2 Å². The van der Waals surface area contributed by atoms with Crippen molar-refractivity contribution in [2.75, 3.05) is 37.8 Å². The van der Waals surface area contributed by atoms with Crippen LogP contribution in [0.25, 0.3) is 11.0 Å². The van der Waals surface area contributed by atoms with E-state index in [1.807, 2.05) is 16.8 Å². The number of carbonyl (C=O) groups is 2. The molecule has 0 aromatic carbocycles. The van der Waals surface area contributed by atoms with Crippen LogP contribution in [-0.4, -0.2) is 89.9 Å². The summed E-state index contributed by atoms with van der Waals surface area (Å²) in [4.78, 5) is 33.8. The Labute approximate surface area is 234 Å². The van der Waals surface area contributed by atoms with Crippen LogP contribution >= 0.6 is 0 Å². The maximum Gasteiger partial charge on any atom is 0.407 e. The van der Waals surface area contributed by atoms with Crippen LogP contribution < -0.4 is 4.90 Å². The van der Waals surface area contributed by atoms with Gasteiger partial charge in [-0.25, -0.2) is 18.6 Å². The number of carboxylic acid groups (broad SMARTS) is 1. The van der Waals surface area contributed by atoms with Crippen LogP contribution in [0.15, 0.2) is 18.5 Å². The molecule has 0 saturated heterocycles. The molecule has 0 radical (unpaired) electrons. The minimum atomic E-state index is -2.71. The van der Waals surface area contributed by atoms with Crippen molar-refractivity contribution in [1.82, 2.24) is 19.4 Å². The van der Waals surface area contributed by atoms with E-state index in [9.17, 15) is 28.7 Å². The van der Waals surface area contributed by atoms with Crippen LogP contribution in [-0.2, 0) is 11.5 Å². The Morgan fingerprint density at radius 1 is 1.30 bits per heavy atom. The topological polar surface area (TPSA) is 115 Å². The minimum absolute atomic E-state index is 0.0148. The molecule has 0 spiro atoms. The first-order valence-corrected chi connectivity index (χ1v) is 17.4. The van der Waals surface area contributed by atoms with Crippen molar-refractivity contribution in [3.8, 4) is 6.07 Å². The SMILES string of the molecule is C[Si](C)(C)CCOCn1ccc2c3c(cnc21)C(=O)N(CC#N)CN3C1CCC(CN(CC(F)F)C(=O)O)CC1. The van der Waals surface area contributed by atoms with E-state index in [0.717, 1.165) is 27.7 Å². The Kier molecular flexibility index (Phi) is 9.30. The van der Waals surface area contributed by atoms with E-state index in [-0.39, 0.29) is 37.6 Å². The second kappa shape index (κ2) is 12.5. The molecule has 3 heterocycles. The van der Waals surface area contributed by atoms with Gasteiger partial charge in [0.25, 0.3) is 12.3 Å². The molecular weight excluding hydrogens is 538 g/mol. The van der Waals surface area contributed by atoms with E-state index < -0.39 is 27.1 Å². The van der Waals surface area contributed by atoms with Crippen LogP contribution in [0.5, 0.6) is 0 Å². The van der Waals surface area contributed by atoms with Gasteiger partial charge in [0.15, 0.2) is 0 Å². The maximum atomic E-state index is 13.3. The molecule has 10 nitrogen and oxygen atoms in total. The molecule has 2 aromatic heterocycles. The Balaban J connectivity index is 1.54. The number of nitrogens with zero attached hydrogens (tertiary/aromatic N) is 6. The third-order valence-electron chi connectivity index (χ3n) is 7.74. The van der Waals surface area contributed by atoms with Gasteiger partial charge in [-0.05, 0) is 43.7 Å². The lowest BCUT2D eigenvalue weighted by Crippen LogP contribution is -2.52. The molecule has 0 bridgehead atoms. The zero-order valence-electron chi connectivity index (χ0n) is 23.4. The van der Waals surface area contributed by atoms with Crippen molar-refractivity contribution in [2.24, 2.45) is 5.92 Å². The summed E-state index contributed by atoms with van der Waals surface area (Å²) in [5, 5.41) is 19.5. The van der Waals surface area contributed by atoms with Gasteiger partial charge in [0.2, 0.25) is 0 Å². The molecule has 218 valence electrons. The number of alkyl halides is 2. The molecule has 1 aliphatic heterocycles. The van der Waals surface area contributed by atoms with E-state index in [4.69, 9.17) is 4.74 Å². The highest BCUT2D eigenvalue weighted by atomic mass is 28.3. The average molecular weight is 577 g/mol. The summed E-state index contributed by atoms with van der Waals surface area (Å²) in [6.07, 6.45) is 2.23. The number of ether oxygens (including phenoxy) is 1. The molecule has 1 aliphatic carbocycles. The fraction of sp³-hybridized carbons (Fsp3) is 0.630. The molecule has 40 heavy (non-hydrogen) atoms. The van der Waals surface area contributed by atoms with Crippen molar-refractivity contribution in [3.63, 3.8) is 0 Å². The van der Waals surface area contributed by atoms with Gasteiger partial charge in [-0.3, -0.25) is 4.79 Å². The summed E-state index contributed by atoms with van der Waals surface area (Å²) in [6, 6.07) is 5.12. The molecule has 2 aliphatic rings. The van der Waals surface area contributed by atoms with Gasteiger partial charge in [0.1, 0.15) is 18.9 Å². The van der Waals surface area contributed by atoms with Crippen molar-refractivity contribution in [3.05, 3.63) is 24.0 Å². The zero-order valence-corrected chi connectivity index (χ0v) is 24.4. The smallest absolute Gasteiger partial charge is 0.407 e. The zero-order chi connectivity index (χ0) is 29.0. The standard InChI is InChI=1S/C27H38F2N6O4Si/c1-40(2,3)13-12-39-18-33-10-8-21-24-22(14-31-25(21)33)26(36)32(11-9-30)17-35(24)20-6-4-19(5-7-20)15-34(27(37)38)16-23(28)29/h8,10,14,19-20,23H,4-7,11-13,15-18H2,1-3H3,(H,37,38). The van der Waals surface area contributed by atoms with E-state index in [2.05, 4.69) is 35.6 Å². The lowest BCUT2D eigenvalue weighted by molar-refractivity contribution is 0.0682. The molecule has 0 unspecified atom stereocenters. The first kappa shape index (κ1) is 29.7. The number of carbonyl (C=O) groups excluding carboxylic acids is 1. The molecule has 2 amide bonds. The number of nitriles is 1. The van der Waals surface area contributed by atoms with Gasteiger partial charge in [-0.2, -0.15) is 5.26 Å². The lowest BCUT2D eigenvalue weighted by atomic mass is 9.84. The number of halogens is 2. The third-order valence-corrected chi connectivity index (χ3v) is 9.45. The number of aromatic nitrogens is 2. The van der Waals surface area contributed by atoms with Crippen molar-refractivity contribution < 1.29 is 28.2 Å². The van der Waals surface area contributed by atoms with E-state index in [1.165, 1.54) is 4.90 Å². The second-order valence-electron chi connectivity index (χ2n) is 11.9. The van der Waals surface area contributed by atoms with Crippen LogP contribution in [0.1, 0.15) is 36.0 Å². The van der Waals surface area contributed by atoms with Crippen molar-refractivity contribution >= 4 is 36.8 Å². The summed E-state index contributed by atoms with van der Waals surface area (Å²) in [5.41, 5.74) is 1.96. The quantitative estimate of drug-likeness (QED) is 0.230. The average Bonchev–Trinajstić information content (AvgIpc) is 3.30. The largest absolute Gasteiger partial charge is 0.465 e. The van der Waals surface area contributed by atoms with Gasteiger partial charge >= 0.3 is 6.09 Å². The number of pyridine rings is 1. The summed E-state index contributed by atoms with van der Waals surface area (Å²) in [6.45, 7) is 7.45. The molecule has 4 rings (SSSR count). The Bertz CT molecular complexity index is 1250. The van der Waals surface area contributed by atoms with Crippen LogP contribution in [0.4, 0.5) is 19.3 Å². The van der Waals surface area contributed by atoms with Gasteiger partial charge in [0, 0.05) is 45.0 Å². The molecular formula is C27H38F2N6O4Si. The summed E-state index contributed by atoms with van der Waals surface area (Å²) in [7, 11) is -1.22. The predicted octanol–water partition coefficient (Wildman–Crippen LogP) is 4.90. The van der Waals surface area contributed by atoms with Gasteiger partial charge in [0.05, 0.1) is 30.5 Å². The number of anilines is 1. The van der Waals surface area contributed by atoms with Gasteiger partial charge in [-0.1, -0.05) is 19.6 Å². The number of fused-ring (bicyclic) bond motifs is 3. The van der Waals surface area contributed by atoms with Crippen LogP contribution in [0.3, 0.4) is 0 Å². The van der Waals surface area contributed by atoms with E-state index in [0.29, 0.717) is 44.6 Å². The third kappa shape index (κ3) is 6.90. The highest BCUT2D eigenvalue weighted by Gasteiger charge is 2.37. The fourth-order valence-electron chi connectivity index (χ4n) is 5.58. The minimum Gasteiger partial charge on any atom is -0.465 e. The first-order chi connectivity index (χ1) is 19.0. The molecule has 1 saturated carbocycles. The molecule has 1 fully saturated rings. The molecule has 1 N–H and O–H groups in total. The van der Waals surface area contributed by atoms with Crippen molar-refractivity contribution in [2.45, 2.75) is 70.6 Å². The highest BCUT2D eigenvalue weighted by Crippen LogP contribution is 2.39. The highest BCUT2D eigenvalue weighted by molar-refractivity contribution is 6.76. The summed E-state index contributed by atoms with van der Waals surface area (Å²) in [5.74, 6) is -0.252. The summed E-state index contributed by atoms with van der Waals surface area (Å²) < 4.78 is 33.6. The van der Waals surface area contributed by atoms with Crippen LogP contribution in [0.2, 0.25) is 25.7 Å². The fourth-order valence-corrected chi connectivity index (χ4v) is 6.34. The number of amides is 2. The second-order valence-corrected chi connectivity index (χ2v) is 17.5. The monoisotopic (exact) mass is 576 g/mol. The normalized spacial score (nSPS) is 19.7. The Morgan fingerprint density at radius 2 is 2.02 bits per heavy atom. The first-order valence-electron chi connectivity index (χ1n) is 13.7.